The van der Waals surface area contributed by atoms with Gasteiger partial charge in [0.2, 0.25) is 0 Å². The fourth-order valence-corrected chi connectivity index (χ4v) is 3.43. The Balaban J connectivity index is 1.66. The zero-order valence-electron chi connectivity index (χ0n) is 17.1. The first kappa shape index (κ1) is 19.6. The van der Waals surface area contributed by atoms with E-state index in [0.717, 1.165) is 33.5 Å². The topological polar surface area (TPSA) is 55.3 Å². The third-order valence-electron chi connectivity index (χ3n) is 4.92. The predicted molar refractivity (Wildman–Crippen MR) is 118 cm³/mol. The molecule has 0 bridgehead atoms. The van der Waals surface area contributed by atoms with Crippen LogP contribution < -0.4 is 4.74 Å². The molecule has 4 rings (SSSR count). The van der Waals surface area contributed by atoms with Crippen LogP contribution in [0, 0.1) is 0 Å². The van der Waals surface area contributed by atoms with Crippen molar-refractivity contribution < 1.29 is 9.53 Å². The number of carbonyl (C=O) groups is 1. The zero-order chi connectivity index (χ0) is 20.9. The Kier molecular flexibility index (Phi) is 5.70. The highest BCUT2D eigenvalue weighted by Crippen LogP contribution is 2.26. The number of carbonyl (C=O) groups excluding carboxylic acids is 1. The average Bonchev–Trinajstić information content (AvgIpc) is 2.80. The number of hydrogen-bond acceptors (Lipinski definition) is 4. The van der Waals surface area contributed by atoms with Crippen molar-refractivity contribution in [3.8, 4) is 17.0 Å². The van der Waals surface area contributed by atoms with Crippen LogP contribution in [0.25, 0.3) is 22.2 Å². The number of rotatable bonds is 6. The second kappa shape index (κ2) is 8.74. The van der Waals surface area contributed by atoms with Crippen molar-refractivity contribution in [1.29, 1.82) is 0 Å². The molecule has 30 heavy (non-hydrogen) atoms. The van der Waals surface area contributed by atoms with E-state index in [1.165, 1.54) is 0 Å². The van der Waals surface area contributed by atoms with Gasteiger partial charge in [0.15, 0.2) is 0 Å². The van der Waals surface area contributed by atoms with Crippen LogP contribution in [0.2, 0.25) is 0 Å². The summed E-state index contributed by atoms with van der Waals surface area (Å²) in [7, 11) is 1.82. The number of aromatic nitrogens is 2. The summed E-state index contributed by atoms with van der Waals surface area (Å²) in [5, 5.41) is 0.846. The van der Waals surface area contributed by atoms with Gasteiger partial charge in [-0.25, -0.2) is 4.98 Å². The van der Waals surface area contributed by atoms with Crippen LogP contribution in [0.1, 0.15) is 22.8 Å². The number of amides is 1. The van der Waals surface area contributed by atoms with Crippen LogP contribution >= 0.6 is 0 Å². The SMILES string of the molecule is CCOc1ccc(CN(C)C(=O)c2cc(-c3ccncc3)nc3ccccc23)cc1. The number of ether oxygens (including phenoxy) is 1. The van der Waals surface area contributed by atoms with Gasteiger partial charge in [0.05, 0.1) is 23.4 Å². The summed E-state index contributed by atoms with van der Waals surface area (Å²) in [5.41, 5.74) is 4.17. The lowest BCUT2D eigenvalue weighted by atomic mass is 10.0. The molecule has 0 saturated carbocycles. The maximum Gasteiger partial charge on any atom is 0.254 e. The van der Waals surface area contributed by atoms with Crippen LogP contribution in [0.5, 0.6) is 5.75 Å². The van der Waals surface area contributed by atoms with Crippen molar-refractivity contribution in [2.75, 3.05) is 13.7 Å². The van der Waals surface area contributed by atoms with E-state index >= 15 is 0 Å². The van der Waals surface area contributed by atoms with Gasteiger partial charge in [0.25, 0.3) is 5.91 Å². The smallest absolute Gasteiger partial charge is 0.254 e. The highest BCUT2D eigenvalue weighted by molar-refractivity contribution is 6.07. The van der Waals surface area contributed by atoms with Crippen molar-refractivity contribution in [1.82, 2.24) is 14.9 Å². The minimum Gasteiger partial charge on any atom is -0.494 e. The third kappa shape index (κ3) is 4.15. The van der Waals surface area contributed by atoms with Gasteiger partial charge < -0.3 is 9.64 Å². The van der Waals surface area contributed by atoms with E-state index in [0.29, 0.717) is 18.7 Å². The van der Waals surface area contributed by atoms with E-state index in [9.17, 15) is 4.79 Å². The summed E-state index contributed by atoms with van der Waals surface area (Å²) in [6.07, 6.45) is 3.46. The molecule has 0 aliphatic carbocycles. The van der Waals surface area contributed by atoms with E-state index < -0.39 is 0 Å². The van der Waals surface area contributed by atoms with Gasteiger partial charge >= 0.3 is 0 Å². The maximum absolute atomic E-state index is 13.4. The molecule has 0 fully saturated rings. The largest absolute Gasteiger partial charge is 0.494 e. The number of hydrogen-bond donors (Lipinski definition) is 0. The van der Waals surface area contributed by atoms with Gasteiger partial charge in [-0.05, 0) is 48.9 Å². The molecule has 150 valence electrons. The van der Waals surface area contributed by atoms with Crippen LogP contribution in [0.4, 0.5) is 0 Å². The Morgan fingerprint density at radius 1 is 1.00 bits per heavy atom. The molecule has 2 aromatic carbocycles. The molecule has 0 aliphatic rings. The number of nitrogens with zero attached hydrogens (tertiary/aromatic N) is 3. The summed E-state index contributed by atoms with van der Waals surface area (Å²) in [6.45, 7) is 3.10. The lowest BCUT2D eigenvalue weighted by Crippen LogP contribution is -2.26. The first-order chi connectivity index (χ1) is 14.7. The molecule has 0 atom stereocenters. The lowest BCUT2D eigenvalue weighted by Gasteiger charge is -2.19. The molecular weight excluding hydrogens is 374 g/mol. The highest BCUT2D eigenvalue weighted by atomic mass is 16.5. The number of pyridine rings is 2. The Hall–Kier alpha value is -3.73. The van der Waals surface area contributed by atoms with Crippen LogP contribution in [-0.2, 0) is 6.54 Å². The van der Waals surface area contributed by atoms with Gasteiger partial charge in [-0.3, -0.25) is 9.78 Å². The summed E-state index contributed by atoms with van der Waals surface area (Å²) >= 11 is 0. The molecule has 0 radical (unpaired) electrons. The summed E-state index contributed by atoms with van der Waals surface area (Å²) < 4.78 is 5.49. The molecule has 0 N–H and O–H groups in total. The number of para-hydroxylation sites is 1. The second-order valence-electron chi connectivity index (χ2n) is 7.05. The van der Waals surface area contributed by atoms with Gasteiger partial charge in [-0.2, -0.15) is 0 Å². The van der Waals surface area contributed by atoms with E-state index in [1.807, 2.05) is 80.7 Å². The molecular formula is C25H23N3O2. The Bertz CT molecular complexity index is 1160. The van der Waals surface area contributed by atoms with Gasteiger partial charge in [0, 0.05) is 36.9 Å². The second-order valence-corrected chi connectivity index (χ2v) is 7.05. The highest BCUT2D eigenvalue weighted by Gasteiger charge is 2.17. The average molecular weight is 397 g/mol. The fraction of sp³-hybridized carbons (Fsp3) is 0.160. The molecule has 0 saturated heterocycles. The molecule has 5 nitrogen and oxygen atoms in total. The van der Waals surface area contributed by atoms with E-state index in [1.54, 1.807) is 17.3 Å². The molecule has 1 amide bonds. The molecule has 5 heteroatoms. The predicted octanol–water partition coefficient (Wildman–Crippen LogP) is 4.97. The van der Waals surface area contributed by atoms with Crippen molar-refractivity contribution in [2.45, 2.75) is 13.5 Å². The van der Waals surface area contributed by atoms with Gasteiger partial charge in [0.1, 0.15) is 5.75 Å². The van der Waals surface area contributed by atoms with Gasteiger partial charge in [-0.15, -0.1) is 0 Å². The minimum absolute atomic E-state index is 0.0437. The fourth-order valence-electron chi connectivity index (χ4n) is 3.43. The van der Waals surface area contributed by atoms with Crippen molar-refractivity contribution in [3.05, 3.63) is 90.3 Å². The Morgan fingerprint density at radius 2 is 1.73 bits per heavy atom. The quantitative estimate of drug-likeness (QED) is 0.461. The molecule has 0 unspecified atom stereocenters. The molecule has 2 aromatic heterocycles. The first-order valence-corrected chi connectivity index (χ1v) is 9.93. The monoisotopic (exact) mass is 397 g/mol. The standard InChI is InChI=1S/C25H23N3O2/c1-3-30-20-10-8-18(9-11-20)17-28(2)25(29)22-16-24(19-12-14-26-15-13-19)27-23-7-5-4-6-21(22)23/h4-16H,3,17H2,1-2H3. The van der Waals surface area contributed by atoms with Crippen molar-refractivity contribution in [3.63, 3.8) is 0 Å². The molecule has 0 aliphatic heterocycles. The summed E-state index contributed by atoms with van der Waals surface area (Å²) in [6, 6.07) is 21.2. The lowest BCUT2D eigenvalue weighted by molar-refractivity contribution is 0.0787. The minimum atomic E-state index is -0.0437. The number of benzene rings is 2. The van der Waals surface area contributed by atoms with Gasteiger partial charge in [-0.1, -0.05) is 30.3 Å². The molecule has 4 aromatic rings. The normalized spacial score (nSPS) is 10.7. The van der Waals surface area contributed by atoms with E-state index in [2.05, 4.69) is 4.98 Å². The van der Waals surface area contributed by atoms with Crippen LogP contribution in [-0.4, -0.2) is 34.4 Å². The van der Waals surface area contributed by atoms with Crippen LogP contribution in [0.15, 0.2) is 79.1 Å². The van der Waals surface area contributed by atoms with E-state index in [-0.39, 0.29) is 5.91 Å². The zero-order valence-corrected chi connectivity index (χ0v) is 17.1. The number of fused-ring (bicyclic) bond motifs is 1. The van der Waals surface area contributed by atoms with Crippen LogP contribution in [0.3, 0.4) is 0 Å². The molecule has 2 heterocycles. The van der Waals surface area contributed by atoms with Crippen molar-refractivity contribution >= 4 is 16.8 Å². The first-order valence-electron chi connectivity index (χ1n) is 9.93. The third-order valence-corrected chi connectivity index (χ3v) is 4.92. The Labute approximate surface area is 176 Å². The summed E-state index contributed by atoms with van der Waals surface area (Å²) in [5.74, 6) is 0.787. The molecule has 0 spiro atoms. The summed E-state index contributed by atoms with van der Waals surface area (Å²) in [4.78, 5) is 23.9. The van der Waals surface area contributed by atoms with E-state index in [4.69, 9.17) is 9.72 Å². The van der Waals surface area contributed by atoms with Crippen molar-refractivity contribution in [2.24, 2.45) is 0 Å². The maximum atomic E-state index is 13.4. The Morgan fingerprint density at radius 3 is 2.47 bits per heavy atom.